The van der Waals surface area contributed by atoms with Crippen molar-refractivity contribution in [3.8, 4) is 0 Å². The van der Waals surface area contributed by atoms with Gasteiger partial charge in [0.05, 0.1) is 5.69 Å². The van der Waals surface area contributed by atoms with Gasteiger partial charge in [-0.2, -0.15) is 5.10 Å². The van der Waals surface area contributed by atoms with Crippen molar-refractivity contribution >= 4 is 5.91 Å². The first-order valence-corrected chi connectivity index (χ1v) is 7.49. The van der Waals surface area contributed by atoms with Gasteiger partial charge in [-0.15, -0.1) is 0 Å². The van der Waals surface area contributed by atoms with E-state index in [1.54, 1.807) is 24.3 Å². The fourth-order valence-electron chi connectivity index (χ4n) is 2.38. The molecular weight excluding hydrogens is 278 g/mol. The van der Waals surface area contributed by atoms with Crippen molar-refractivity contribution < 1.29 is 9.90 Å². The number of benzene rings is 1. The Morgan fingerprint density at radius 2 is 2.00 bits per heavy atom. The van der Waals surface area contributed by atoms with Gasteiger partial charge in [0.25, 0.3) is 5.91 Å². The summed E-state index contributed by atoms with van der Waals surface area (Å²) < 4.78 is 1.94. The number of rotatable bonds is 6. The Balaban J connectivity index is 1.84. The van der Waals surface area contributed by atoms with Crippen molar-refractivity contribution in [1.29, 1.82) is 0 Å². The van der Waals surface area contributed by atoms with Crippen molar-refractivity contribution in [3.05, 3.63) is 53.3 Å². The van der Waals surface area contributed by atoms with E-state index in [1.807, 2.05) is 37.6 Å². The number of amides is 1. The van der Waals surface area contributed by atoms with Gasteiger partial charge < -0.3 is 10.4 Å². The molecule has 0 spiro atoms. The van der Waals surface area contributed by atoms with Crippen LogP contribution >= 0.6 is 0 Å². The van der Waals surface area contributed by atoms with Crippen LogP contribution < -0.4 is 5.32 Å². The molecule has 5 nitrogen and oxygen atoms in total. The molecule has 2 unspecified atom stereocenters. The molecule has 2 rings (SSSR count). The molecule has 0 bridgehead atoms. The van der Waals surface area contributed by atoms with Gasteiger partial charge in [-0.25, -0.2) is 0 Å². The maximum Gasteiger partial charge on any atom is 0.253 e. The van der Waals surface area contributed by atoms with Gasteiger partial charge in [-0.3, -0.25) is 9.48 Å². The number of hydrogen-bond donors (Lipinski definition) is 2. The molecule has 5 heteroatoms. The molecule has 2 N–H and O–H groups in total. The highest BCUT2D eigenvalue weighted by Gasteiger charge is 2.17. The Kier molecular flexibility index (Phi) is 5.33. The van der Waals surface area contributed by atoms with Gasteiger partial charge in [0.1, 0.15) is 0 Å². The first kappa shape index (κ1) is 16.2. The number of carbonyl (C=O) groups excluding carboxylic acids is 1. The molecule has 22 heavy (non-hydrogen) atoms. The number of aliphatic hydroxyl groups is 1. The molecule has 2 aromatic rings. The molecule has 1 aromatic carbocycles. The summed E-state index contributed by atoms with van der Waals surface area (Å²) in [6.45, 7) is 7.27. The van der Waals surface area contributed by atoms with E-state index in [1.165, 1.54) is 0 Å². The summed E-state index contributed by atoms with van der Waals surface area (Å²) in [5.41, 5.74) is 2.71. The summed E-state index contributed by atoms with van der Waals surface area (Å²) in [4.78, 5) is 12.0. The van der Waals surface area contributed by atoms with E-state index in [2.05, 4.69) is 10.4 Å². The van der Waals surface area contributed by atoms with Gasteiger partial charge >= 0.3 is 0 Å². The van der Waals surface area contributed by atoms with E-state index in [9.17, 15) is 9.90 Å². The molecular formula is C17H23N3O2. The third kappa shape index (κ3) is 4.18. The van der Waals surface area contributed by atoms with E-state index in [4.69, 9.17) is 0 Å². The fraction of sp³-hybridized carbons (Fsp3) is 0.412. The van der Waals surface area contributed by atoms with Crippen LogP contribution in [-0.4, -0.2) is 27.3 Å². The monoisotopic (exact) mass is 301 g/mol. The van der Waals surface area contributed by atoms with Crippen LogP contribution in [0.15, 0.2) is 36.4 Å². The molecule has 0 aliphatic carbocycles. The Hall–Kier alpha value is -2.14. The highest BCUT2D eigenvalue weighted by atomic mass is 16.3. The average Bonchev–Trinajstić information content (AvgIpc) is 2.82. The first-order valence-electron chi connectivity index (χ1n) is 7.49. The van der Waals surface area contributed by atoms with Crippen LogP contribution in [0.1, 0.15) is 30.0 Å². The van der Waals surface area contributed by atoms with E-state index < -0.39 is 6.10 Å². The van der Waals surface area contributed by atoms with Crippen molar-refractivity contribution in [2.45, 2.75) is 33.4 Å². The van der Waals surface area contributed by atoms with E-state index in [0.717, 1.165) is 17.9 Å². The second kappa shape index (κ2) is 7.22. The van der Waals surface area contributed by atoms with Gasteiger partial charge in [0.2, 0.25) is 0 Å². The summed E-state index contributed by atoms with van der Waals surface area (Å²) in [5.74, 6) is -0.142. The quantitative estimate of drug-likeness (QED) is 0.857. The molecule has 2 atom stereocenters. The van der Waals surface area contributed by atoms with E-state index >= 15 is 0 Å². The minimum Gasteiger partial charge on any atom is -0.378 e. The van der Waals surface area contributed by atoms with Crippen LogP contribution in [-0.2, 0) is 11.3 Å². The summed E-state index contributed by atoms with van der Waals surface area (Å²) in [6.07, 6.45) is -1.12. The summed E-state index contributed by atoms with van der Waals surface area (Å²) in [5, 5.41) is 17.2. The second-order valence-electron chi connectivity index (χ2n) is 5.77. The number of nitrogens with one attached hydrogen (secondary N) is 1. The highest BCUT2D eigenvalue weighted by molar-refractivity contribution is 5.81. The van der Waals surface area contributed by atoms with Crippen molar-refractivity contribution in [3.63, 3.8) is 0 Å². The van der Waals surface area contributed by atoms with E-state index in [-0.39, 0.29) is 11.8 Å². The lowest BCUT2D eigenvalue weighted by atomic mass is 10.1. The molecule has 1 aromatic heterocycles. The van der Waals surface area contributed by atoms with Crippen molar-refractivity contribution in [2.75, 3.05) is 6.54 Å². The third-order valence-corrected chi connectivity index (χ3v) is 3.58. The van der Waals surface area contributed by atoms with Crippen LogP contribution in [0.3, 0.4) is 0 Å². The number of nitrogens with zero attached hydrogens (tertiary/aromatic N) is 2. The zero-order valence-corrected chi connectivity index (χ0v) is 13.3. The van der Waals surface area contributed by atoms with Crippen LogP contribution in [0.25, 0.3) is 0 Å². The number of aryl methyl sites for hydroxylation is 2. The van der Waals surface area contributed by atoms with Crippen LogP contribution in [0.2, 0.25) is 0 Å². The van der Waals surface area contributed by atoms with Crippen LogP contribution in [0.5, 0.6) is 0 Å². The lowest BCUT2D eigenvalue weighted by Crippen LogP contribution is -2.34. The highest BCUT2D eigenvalue weighted by Crippen LogP contribution is 2.12. The Morgan fingerprint density at radius 3 is 2.59 bits per heavy atom. The number of hydrogen-bond acceptors (Lipinski definition) is 3. The second-order valence-corrected chi connectivity index (χ2v) is 5.77. The summed E-state index contributed by atoms with van der Waals surface area (Å²) in [6, 6.07) is 11.0. The third-order valence-electron chi connectivity index (χ3n) is 3.58. The summed E-state index contributed by atoms with van der Waals surface area (Å²) >= 11 is 0. The molecule has 118 valence electrons. The number of aromatic nitrogens is 2. The normalized spacial score (nSPS) is 13.6. The van der Waals surface area contributed by atoms with Gasteiger partial charge in [0.15, 0.2) is 6.10 Å². The number of carbonyl (C=O) groups is 1. The lowest BCUT2D eigenvalue weighted by molar-refractivity contribution is -0.129. The minimum absolute atomic E-state index is 0.227. The maximum absolute atomic E-state index is 12.0. The standard InChI is InChI=1S/C17H23N3O2/c1-12(11-20-14(3)9-13(2)19-20)10-18-17(22)16(21)15-7-5-4-6-8-15/h4-9,12,16,21H,10-11H2,1-3H3,(H,18,22). The molecule has 0 saturated carbocycles. The zero-order chi connectivity index (χ0) is 16.1. The lowest BCUT2D eigenvalue weighted by Gasteiger charge is -2.16. The van der Waals surface area contributed by atoms with Crippen molar-refractivity contribution in [2.24, 2.45) is 5.92 Å². The summed E-state index contributed by atoms with van der Waals surface area (Å²) in [7, 11) is 0. The van der Waals surface area contributed by atoms with Crippen molar-refractivity contribution in [1.82, 2.24) is 15.1 Å². The molecule has 1 heterocycles. The van der Waals surface area contributed by atoms with E-state index in [0.29, 0.717) is 12.1 Å². The predicted molar refractivity (Wildman–Crippen MR) is 85.3 cm³/mol. The topological polar surface area (TPSA) is 67.2 Å². The van der Waals surface area contributed by atoms with Crippen LogP contribution in [0.4, 0.5) is 0 Å². The first-order chi connectivity index (χ1) is 10.5. The average molecular weight is 301 g/mol. The maximum atomic E-state index is 12.0. The SMILES string of the molecule is Cc1cc(C)n(CC(C)CNC(=O)C(O)c2ccccc2)n1. The molecule has 0 aliphatic heterocycles. The Bertz CT molecular complexity index is 622. The van der Waals surface area contributed by atoms with Crippen LogP contribution in [0, 0.1) is 19.8 Å². The largest absolute Gasteiger partial charge is 0.378 e. The molecule has 1 amide bonds. The van der Waals surface area contributed by atoms with Gasteiger partial charge in [0, 0.05) is 18.8 Å². The Morgan fingerprint density at radius 1 is 1.32 bits per heavy atom. The predicted octanol–water partition coefficient (Wildman–Crippen LogP) is 1.99. The van der Waals surface area contributed by atoms with Gasteiger partial charge in [-0.05, 0) is 31.4 Å². The smallest absolute Gasteiger partial charge is 0.253 e. The number of aliphatic hydroxyl groups excluding tert-OH is 1. The zero-order valence-electron chi connectivity index (χ0n) is 13.3. The van der Waals surface area contributed by atoms with Gasteiger partial charge in [-0.1, -0.05) is 37.3 Å². The molecule has 0 radical (unpaired) electrons. The fourth-order valence-corrected chi connectivity index (χ4v) is 2.38. The Labute approximate surface area is 131 Å². The molecule has 0 aliphatic rings. The minimum atomic E-state index is -1.12. The molecule has 0 fully saturated rings. The molecule has 0 saturated heterocycles.